The second kappa shape index (κ2) is 21.1. The van der Waals surface area contributed by atoms with Crippen LogP contribution in [0.25, 0.3) is 11.3 Å². The van der Waals surface area contributed by atoms with Crippen molar-refractivity contribution in [2.24, 2.45) is 11.8 Å². The number of benzene rings is 1. The van der Waals surface area contributed by atoms with Gasteiger partial charge in [0.05, 0.1) is 23.9 Å². The number of halogens is 1. The molecule has 3 unspecified atom stereocenters. The minimum atomic E-state index is -1.96. The van der Waals surface area contributed by atoms with Crippen LogP contribution in [0.2, 0.25) is 0 Å². The minimum absolute atomic E-state index is 0.179. The molecule has 1 aromatic carbocycles. The molecule has 2 fully saturated rings. The summed E-state index contributed by atoms with van der Waals surface area (Å²) in [6.07, 6.45) is -1.44. The Balaban J connectivity index is 1.64. The number of nitrogen functional groups attached to an aromatic ring is 1. The van der Waals surface area contributed by atoms with Gasteiger partial charge in [-0.2, -0.15) is 0 Å². The number of fused-ring (bicyclic) bond motifs is 1. The fourth-order valence-corrected chi connectivity index (χ4v) is 9.26. The average molecular weight is 862 g/mol. The Labute approximate surface area is 361 Å². The number of hydrogen-bond donors (Lipinski definition) is 3. The number of likely N-dealkylation sites (N-methyl/N-ethyl adjacent to an activating group) is 1. The first-order chi connectivity index (χ1) is 28.7. The first-order valence-electron chi connectivity index (χ1n) is 21.8. The summed E-state index contributed by atoms with van der Waals surface area (Å²) >= 11 is 0. The van der Waals surface area contributed by atoms with Gasteiger partial charge in [0.2, 0.25) is 0 Å². The number of methoxy groups -OCH3 is 1. The van der Waals surface area contributed by atoms with E-state index in [1.54, 1.807) is 43.3 Å². The molecule has 0 aliphatic carbocycles. The lowest BCUT2D eigenvalue weighted by Gasteiger charge is -2.45. The topological polar surface area (TPSA) is 193 Å². The number of nitrogens with one attached hydrogen (secondary N) is 1. The number of ketones is 1. The molecule has 0 bridgehead atoms. The van der Waals surface area contributed by atoms with Crippen molar-refractivity contribution in [3.8, 4) is 11.3 Å². The van der Waals surface area contributed by atoms with Crippen LogP contribution in [0, 0.1) is 11.8 Å². The fourth-order valence-electron chi connectivity index (χ4n) is 9.26. The van der Waals surface area contributed by atoms with Crippen molar-refractivity contribution >= 4 is 23.5 Å². The summed E-state index contributed by atoms with van der Waals surface area (Å²) < 4.78 is 49.8. The molecule has 1 aromatic heterocycles. The van der Waals surface area contributed by atoms with Crippen molar-refractivity contribution in [1.82, 2.24) is 30.1 Å². The van der Waals surface area contributed by atoms with E-state index >= 15 is 4.39 Å². The number of amides is 1. The van der Waals surface area contributed by atoms with Crippen LogP contribution in [0.3, 0.4) is 0 Å². The molecule has 17 heteroatoms. The van der Waals surface area contributed by atoms with Crippen molar-refractivity contribution < 1.29 is 47.6 Å². The van der Waals surface area contributed by atoms with Crippen molar-refractivity contribution in [2.75, 3.05) is 46.6 Å². The van der Waals surface area contributed by atoms with E-state index in [1.807, 2.05) is 64.2 Å². The summed E-state index contributed by atoms with van der Waals surface area (Å²) in [5.74, 6) is -3.67. The van der Waals surface area contributed by atoms with Gasteiger partial charge in [0.15, 0.2) is 17.7 Å². The molecule has 2 saturated heterocycles. The van der Waals surface area contributed by atoms with Crippen LogP contribution >= 0.6 is 0 Å². The molecule has 3 heterocycles. The number of esters is 1. The molecule has 16 nitrogen and oxygen atoms in total. The van der Waals surface area contributed by atoms with Crippen LogP contribution in [0.4, 0.5) is 14.9 Å². The first-order valence-corrected chi connectivity index (χ1v) is 21.8. The van der Waals surface area contributed by atoms with E-state index in [2.05, 4.69) is 15.6 Å². The highest BCUT2D eigenvalue weighted by atomic mass is 19.1. The lowest BCUT2D eigenvalue weighted by molar-refractivity contribution is -0.267. The molecule has 0 saturated carbocycles. The summed E-state index contributed by atoms with van der Waals surface area (Å²) in [4.78, 5) is 45.8. The number of aliphatic hydroxyl groups excluding tert-OH is 1. The third-order valence-electron chi connectivity index (χ3n) is 12.6. The average Bonchev–Trinajstić information content (AvgIpc) is 3.79. The number of aryl methyl sites for hydroxylation is 1. The van der Waals surface area contributed by atoms with Gasteiger partial charge in [0.1, 0.15) is 29.5 Å². The Morgan fingerprint density at radius 3 is 2.39 bits per heavy atom. The molecule has 1 amide bonds. The normalized spacial score (nSPS) is 32.1. The molecule has 344 valence electrons. The third kappa shape index (κ3) is 11.6. The van der Waals surface area contributed by atoms with Crippen molar-refractivity contribution in [2.45, 2.75) is 161 Å². The van der Waals surface area contributed by atoms with Gasteiger partial charge >= 0.3 is 12.1 Å². The monoisotopic (exact) mass is 862 g/mol. The fraction of sp³-hybridized carbons (Fsp3) is 0.750. The van der Waals surface area contributed by atoms with Gasteiger partial charge in [-0.3, -0.25) is 19.2 Å². The van der Waals surface area contributed by atoms with Gasteiger partial charge < -0.3 is 44.7 Å². The standard InChI is InChI=1S/C44H72FN7O9/c1-13-33(50(10)11)36(54)40(58-15-3)60-38-27(4)35(53)28(5)39(55)59-34(14-2)44(9)37(29(6)47-26-42(7,45)25-43(38,8)57-12)52(41(56)61-44)22-17-16-21-51-24-32(48-49-51)30-19-18-20-31(46)23-30/h18-20,23-24,27-29,33-34,36-38,40,47,54H,13-17,21-22,25-26,46H2,1-12H3/t27-,28+,29+,33?,34+,36?,37+,38+,40-,42?,43+,44+/m0/s1. The Morgan fingerprint density at radius 2 is 1.79 bits per heavy atom. The van der Waals surface area contributed by atoms with Crippen molar-refractivity contribution in [1.29, 1.82) is 0 Å². The van der Waals surface area contributed by atoms with E-state index in [1.165, 1.54) is 21.0 Å². The molecule has 4 N–H and O–H groups in total. The van der Waals surface area contributed by atoms with E-state index in [0.717, 1.165) is 5.56 Å². The van der Waals surface area contributed by atoms with Gasteiger partial charge in [0, 0.05) is 69.0 Å². The summed E-state index contributed by atoms with van der Waals surface area (Å²) in [6, 6.07) is 5.78. The summed E-state index contributed by atoms with van der Waals surface area (Å²) in [7, 11) is 5.10. The SMILES string of the molecule is CCO[C@@H](O[C@@H]1[C@@H](C)C(=O)[C@@H](C)C(=O)O[C@H](CC)[C@@]2(C)OC(=O)N(CCCCn3cc(-c4cccc(N)c4)nn3)[C@@H]2[C@@H](C)NCC(C)(F)C[C@@]1(C)OC)C(O)C(CC)N(C)C. The van der Waals surface area contributed by atoms with E-state index in [-0.39, 0.29) is 32.0 Å². The number of alkyl halides is 1. The highest BCUT2D eigenvalue weighted by Crippen LogP contribution is 2.41. The van der Waals surface area contributed by atoms with Gasteiger partial charge in [-0.1, -0.05) is 38.1 Å². The number of hydrogen-bond acceptors (Lipinski definition) is 14. The Kier molecular flexibility index (Phi) is 17.3. The molecule has 2 aromatic rings. The Morgan fingerprint density at radius 1 is 1.10 bits per heavy atom. The van der Waals surface area contributed by atoms with Crippen molar-refractivity contribution in [3.63, 3.8) is 0 Å². The molecule has 4 rings (SSSR count). The molecule has 61 heavy (non-hydrogen) atoms. The number of nitrogens with two attached hydrogens (primary N) is 1. The number of Topliss-reactive ketones (excluding diaryl/α,β-unsaturated/α-hetero) is 1. The second-order valence-corrected chi connectivity index (χ2v) is 17.7. The smallest absolute Gasteiger partial charge is 0.410 e. The lowest BCUT2D eigenvalue weighted by atomic mass is 9.77. The van der Waals surface area contributed by atoms with Gasteiger partial charge in [-0.15, -0.1) is 5.10 Å². The minimum Gasteiger partial charge on any atom is -0.458 e. The zero-order chi connectivity index (χ0) is 45.4. The number of anilines is 1. The lowest BCUT2D eigenvalue weighted by Crippen LogP contribution is -2.61. The first kappa shape index (κ1) is 49.9. The Bertz CT molecular complexity index is 1760. The number of aromatic nitrogens is 3. The molecule has 2 aliphatic heterocycles. The molecular formula is C44H72FN7O9. The van der Waals surface area contributed by atoms with E-state index in [0.29, 0.717) is 43.7 Å². The van der Waals surface area contributed by atoms with E-state index in [9.17, 15) is 19.5 Å². The third-order valence-corrected chi connectivity index (χ3v) is 12.6. The predicted octanol–water partition coefficient (Wildman–Crippen LogP) is 5.01. The Hall–Kier alpha value is -3.74. The maximum atomic E-state index is 17.2. The maximum absolute atomic E-state index is 17.2. The maximum Gasteiger partial charge on any atom is 0.410 e. The molecule has 0 spiro atoms. The van der Waals surface area contributed by atoms with Gasteiger partial charge in [0.25, 0.3) is 0 Å². The molecule has 12 atom stereocenters. The van der Waals surface area contributed by atoms with Crippen LogP contribution in [0.1, 0.15) is 94.4 Å². The van der Waals surface area contributed by atoms with E-state index < -0.39 is 83.2 Å². The highest BCUT2D eigenvalue weighted by molar-refractivity contribution is 6.00. The molecule has 0 radical (unpaired) electrons. The number of nitrogens with zero attached hydrogens (tertiary/aromatic N) is 5. The van der Waals surface area contributed by atoms with Crippen LogP contribution in [-0.2, 0) is 39.8 Å². The van der Waals surface area contributed by atoms with Crippen LogP contribution in [-0.4, -0.2) is 148 Å². The largest absolute Gasteiger partial charge is 0.458 e. The number of carbonyl (C=O) groups excluding carboxylic acids is 3. The number of unbranched alkanes of at least 4 members (excludes halogenated alkanes) is 1. The number of aliphatic hydroxyl groups is 1. The zero-order valence-corrected chi connectivity index (χ0v) is 38.4. The number of ether oxygens (including phenoxy) is 5. The van der Waals surface area contributed by atoms with Crippen LogP contribution < -0.4 is 11.1 Å². The second-order valence-electron chi connectivity index (χ2n) is 17.7. The quantitative estimate of drug-likeness (QED) is 0.0671. The number of rotatable bonds is 16. The zero-order valence-electron chi connectivity index (χ0n) is 38.4. The molecule has 2 aliphatic rings. The highest BCUT2D eigenvalue weighted by Gasteiger charge is 2.59. The number of cyclic esters (lactones) is 1. The van der Waals surface area contributed by atoms with Gasteiger partial charge in [-0.25, -0.2) is 9.18 Å². The summed E-state index contributed by atoms with van der Waals surface area (Å²) in [5, 5.41) is 23.5. The summed E-state index contributed by atoms with van der Waals surface area (Å²) in [6.45, 7) is 16.1. The van der Waals surface area contributed by atoms with Crippen molar-refractivity contribution in [3.05, 3.63) is 30.5 Å². The predicted molar refractivity (Wildman–Crippen MR) is 229 cm³/mol. The summed E-state index contributed by atoms with van der Waals surface area (Å²) in [5.41, 5.74) is 3.32. The van der Waals surface area contributed by atoms with E-state index in [4.69, 9.17) is 29.4 Å². The molecular weight excluding hydrogens is 790 g/mol. The van der Waals surface area contributed by atoms with Gasteiger partial charge in [-0.05, 0) is 93.5 Å². The number of carbonyl (C=O) groups is 3. The van der Waals surface area contributed by atoms with Crippen LogP contribution in [0.15, 0.2) is 30.5 Å². The van der Waals surface area contributed by atoms with Crippen LogP contribution in [0.5, 0.6) is 0 Å².